The number of carbonyl (C=O) groups is 1. The van der Waals surface area contributed by atoms with Gasteiger partial charge in [0.2, 0.25) is 0 Å². The summed E-state index contributed by atoms with van der Waals surface area (Å²) in [6.07, 6.45) is 0.696. The third-order valence-corrected chi connectivity index (χ3v) is 4.22. The van der Waals surface area contributed by atoms with Crippen molar-refractivity contribution in [3.8, 4) is 5.75 Å². The van der Waals surface area contributed by atoms with E-state index in [0.717, 1.165) is 22.2 Å². The van der Waals surface area contributed by atoms with Gasteiger partial charge in [-0.1, -0.05) is 37.3 Å². The van der Waals surface area contributed by atoms with Gasteiger partial charge in [-0.05, 0) is 44.0 Å². The Labute approximate surface area is 147 Å². The topological polar surface area (TPSA) is 51.2 Å². The predicted molar refractivity (Wildman–Crippen MR) is 101 cm³/mol. The van der Waals surface area contributed by atoms with E-state index in [1.54, 1.807) is 0 Å². The Kier molecular flexibility index (Phi) is 4.98. The van der Waals surface area contributed by atoms with Gasteiger partial charge in [0.05, 0.1) is 29.1 Å². The molecular weight excluding hydrogens is 312 g/mol. The van der Waals surface area contributed by atoms with Gasteiger partial charge in [0.25, 0.3) is 5.91 Å². The summed E-state index contributed by atoms with van der Waals surface area (Å²) >= 11 is 0. The number of nitrogens with zero attached hydrogens (tertiary/aromatic N) is 1. The molecule has 0 saturated carbocycles. The van der Waals surface area contributed by atoms with Crippen LogP contribution >= 0.6 is 0 Å². The molecule has 0 unspecified atom stereocenters. The second-order valence-corrected chi connectivity index (χ2v) is 5.81. The number of nitrogens with one attached hydrogen (secondary N) is 1. The van der Waals surface area contributed by atoms with Crippen LogP contribution < -0.4 is 10.1 Å². The molecule has 128 valence electrons. The molecule has 2 aromatic carbocycles. The van der Waals surface area contributed by atoms with Crippen LogP contribution in [0.4, 0.5) is 5.69 Å². The van der Waals surface area contributed by atoms with Crippen molar-refractivity contribution in [2.45, 2.75) is 27.2 Å². The number of aromatic nitrogens is 1. The molecule has 0 saturated heterocycles. The SMILES string of the molecule is CCOc1ccccc1NC(=O)c1c(CC)nc2ccccc2c1C. The molecule has 25 heavy (non-hydrogen) atoms. The van der Waals surface area contributed by atoms with Crippen LogP contribution in [0.25, 0.3) is 10.9 Å². The first-order valence-corrected chi connectivity index (χ1v) is 8.57. The fraction of sp³-hybridized carbons (Fsp3) is 0.238. The van der Waals surface area contributed by atoms with E-state index in [2.05, 4.69) is 10.3 Å². The number of hydrogen-bond acceptors (Lipinski definition) is 3. The van der Waals surface area contributed by atoms with Crippen LogP contribution in [0.3, 0.4) is 0 Å². The van der Waals surface area contributed by atoms with E-state index in [-0.39, 0.29) is 5.91 Å². The normalized spacial score (nSPS) is 10.7. The maximum Gasteiger partial charge on any atom is 0.257 e. The number of pyridine rings is 1. The summed E-state index contributed by atoms with van der Waals surface area (Å²) in [5.41, 5.74) is 4.00. The number of carbonyl (C=O) groups excluding carboxylic acids is 1. The molecule has 4 nitrogen and oxygen atoms in total. The van der Waals surface area contributed by atoms with Gasteiger partial charge in [0, 0.05) is 5.39 Å². The highest BCUT2D eigenvalue weighted by atomic mass is 16.5. The summed E-state index contributed by atoms with van der Waals surface area (Å²) in [6, 6.07) is 15.4. The van der Waals surface area contributed by atoms with Crippen molar-refractivity contribution in [2.24, 2.45) is 0 Å². The Morgan fingerprint density at radius 2 is 1.80 bits per heavy atom. The Morgan fingerprint density at radius 1 is 1.08 bits per heavy atom. The molecule has 0 bridgehead atoms. The molecule has 1 heterocycles. The minimum atomic E-state index is -0.153. The van der Waals surface area contributed by atoms with Gasteiger partial charge in [0.1, 0.15) is 5.75 Å². The van der Waals surface area contributed by atoms with Crippen molar-refractivity contribution in [3.63, 3.8) is 0 Å². The van der Waals surface area contributed by atoms with E-state index < -0.39 is 0 Å². The van der Waals surface area contributed by atoms with Crippen LogP contribution in [0.2, 0.25) is 0 Å². The van der Waals surface area contributed by atoms with E-state index in [4.69, 9.17) is 4.74 Å². The third-order valence-electron chi connectivity index (χ3n) is 4.22. The number of para-hydroxylation sites is 3. The largest absolute Gasteiger partial charge is 0.492 e. The van der Waals surface area contributed by atoms with Crippen molar-refractivity contribution in [1.82, 2.24) is 4.98 Å². The van der Waals surface area contributed by atoms with E-state index in [1.165, 1.54) is 0 Å². The number of hydrogen-bond donors (Lipinski definition) is 1. The summed E-state index contributed by atoms with van der Waals surface area (Å²) in [7, 11) is 0. The molecule has 0 fully saturated rings. The molecule has 1 N–H and O–H groups in total. The molecule has 0 aliphatic rings. The number of anilines is 1. The van der Waals surface area contributed by atoms with Crippen LogP contribution in [0.1, 0.15) is 35.5 Å². The van der Waals surface area contributed by atoms with Crippen LogP contribution in [-0.2, 0) is 6.42 Å². The molecule has 0 atom stereocenters. The second-order valence-electron chi connectivity index (χ2n) is 5.81. The van der Waals surface area contributed by atoms with Gasteiger partial charge in [-0.25, -0.2) is 0 Å². The zero-order valence-electron chi connectivity index (χ0n) is 14.8. The maximum atomic E-state index is 13.0. The maximum absolute atomic E-state index is 13.0. The number of aryl methyl sites for hydroxylation is 2. The first-order chi connectivity index (χ1) is 12.2. The van der Waals surface area contributed by atoms with Crippen molar-refractivity contribution < 1.29 is 9.53 Å². The summed E-state index contributed by atoms with van der Waals surface area (Å²) in [4.78, 5) is 17.7. The first-order valence-electron chi connectivity index (χ1n) is 8.57. The smallest absolute Gasteiger partial charge is 0.257 e. The molecule has 0 spiro atoms. The fourth-order valence-electron chi connectivity index (χ4n) is 3.03. The number of fused-ring (bicyclic) bond motifs is 1. The van der Waals surface area contributed by atoms with Crippen molar-refractivity contribution in [1.29, 1.82) is 0 Å². The lowest BCUT2D eigenvalue weighted by atomic mass is 9.99. The van der Waals surface area contributed by atoms with Crippen LogP contribution in [0, 0.1) is 6.92 Å². The van der Waals surface area contributed by atoms with Gasteiger partial charge >= 0.3 is 0 Å². The third kappa shape index (κ3) is 3.33. The van der Waals surface area contributed by atoms with Crippen molar-refractivity contribution >= 4 is 22.5 Å². The standard InChI is InChI=1S/C21H22N2O2/c1-4-16-20(14(3)15-10-6-7-11-17(15)22-16)21(24)23-18-12-8-9-13-19(18)25-5-2/h6-13H,4-5H2,1-3H3,(H,23,24). The molecule has 0 radical (unpaired) electrons. The van der Waals surface area contributed by atoms with Gasteiger partial charge < -0.3 is 10.1 Å². The molecule has 0 aliphatic carbocycles. The average molecular weight is 334 g/mol. The van der Waals surface area contributed by atoms with Crippen LogP contribution in [0.5, 0.6) is 5.75 Å². The fourth-order valence-corrected chi connectivity index (χ4v) is 3.03. The quantitative estimate of drug-likeness (QED) is 0.732. The summed E-state index contributed by atoms with van der Waals surface area (Å²) in [6.45, 7) is 6.46. The lowest BCUT2D eigenvalue weighted by Gasteiger charge is -2.15. The molecule has 3 aromatic rings. The molecule has 4 heteroatoms. The van der Waals surface area contributed by atoms with Crippen molar-refractivity contribution in [2.75, 3.05) is 11.9 Å². The van der Waals surface area contributed by atoms with Crippen LogP contribution in [-0.4, -0.2) is 17.5 Å². The molecule has 1 amide bonds. The lowest BCUT2D eigenvalue weighted by molar-refractivity contribution is 0.102. The van der Waals surface area contributed by atoms with Gasteiger partial charge in [-0.2, -0.15) is 0 Å². The Morgan fingerprint density at radius 3 is 2.56 bits per heavy atom. The number of benzene rings is 2. The highest BCUT2D eigenvalue weighted by Crippen LogP contribution is 2.27. The summed E-state index contributed by atoms with van der Waals surface area (Å²) in [5.74, 6) is 0.516. The highest BCUT2D eigenvalue weighted by molar-refractivity contribution is 6.09. The Bertz CT molecular complexity index is 919. The zero-order valence-corrected chi connectivity index (χ0v) is 14.8. The number of amides is 1. The molecule has 1 aromatic heterocycles. The van der Waals surface area contributed by atoms with E-state index >= 15 is 0 Å². The number of ether oxygens (including phenoxy) is 1. The summed E-state index contributed by atoms with van der Waals surface area (Å²) in [5, 5.41) is 3.99. The predicted octanol–water partition coefficient (Wildman–Crippen LogP) is 4.76. The zero-order chi connectivity index (χ0) is 17.8. The average Bonchev–Trinajstić information content (AvgIpc) is 2.63. The minimum Gasteiger partial charge on any atom is -0.492 e. The highest BCUT2D eigenvalue weighted by Gasteiger charge is 2.19. The second kappa shape index (κ2) is 7.34. The molecule has 0 aliphatic heterocycles. The van der Waals surface area contributed by atoms with E-state index in [1.807, 2.05) is 69.3 Å². The van der Waals surface area contributed by atoms with E-state index in [9.17, 15) is 4.79 Å². The van der Waals surface area contributed by atoms with E-state index in [0.29, 0.717) is 30.0 Å². The Balaban J connectivity index is 2.04. The van der Waals surface area contributed by atoms with Crippen molar-refractivity contribution in [3.05, 3.63) is 65.4 Å². The monoisotopic (exact) mass is 334 g/mol. The van der Waals surface area contributed by atoms with Gasteiger partial charge in [-0.15, -0.1) is 0 Å². The minimum absolute atomic E-state index is 0.153. The summed E-state index contributed by atoms with van der Waals surface area (Å²) < 4.78 is 5.60. The molecular formula is C21H22N2O2. The van der Waals surface area contributed by atoms with Crippen LogP contribution in [0.15, 0.2) is 48.5 Å². The number of rotatable bonds is 5. The molecule has 3 rings (SSSR count). The van der Waals surface area contributed by atoms with Gasteiger partial charge in [-0.3, -0.25) is 9.78 Å². The first kappa shape index (κ1) is 17.0. The van der Waals surface area contributed by atoms with Gasteiger partial charge in [0.15, 0.2) is 0 Å². The Hall–Kier alpha value is -2.88. The lowest BCUT2D eigenvalue weighted by Crippen LogP contribution is -2.17.